The fraction of sp³-hybridized carbons (Fsp3) is 0.444. The van der Waals surface area contributed by atoms with E-state index < -0.39 is 24.4 Å². The normalized spacial score (nSPS) is 19.3. The minimum atomic E-state index is -3.00. The zero-order valence-corrected chi connectivity index (χ0v) is 16.5. The number of hydrogen-bond acceptors (Lipinski definition) is 7. The fourth-order valence-electron chi connectivity index (χ4n) is 3.00. The van der Waals surface area contributed by atoms with E-state index in [4.69, 9.17) is 17.3 Å². The van der Waals surface area contributed by atoms with Gasteiger partial charge in [0, 0.05) is 36.1 Å². The maximum absolute atomic E-state index is 13.0. The molecular formula is C18H22ClF2N7O. The highest BCUT2D eigenvalue weighted by Crippen LogP contribution is 2.34. The van der Waals surface area contributed by atoms with Gasteiger partial charge in [-0.3, -0.25) is 4.79 Å². The first-order valence-electron chi connectivity index (χ1n) is 9.11. The van der Waals surface area contributed by atoms with E-state index in [-0.39, 0.29) is 18.9 Å². The molecule has 0 bridgehead atoms. The molecule has 0 saturated carbocycles. The van der Waals surface area contributed by atoms with Crippen LogP contribution in [-0.4, -0.2) is 46.8 Å². The Morgan fingerprint density at radius 1 is 1.52 bits per heavy atom. The zero-order valence-electron chi connectivity index (χ0n) is 15.8. The van der Waals surface area contributed by atoms with Crippen LogP contribution in [0.5, 0.6) is 0 Å². The Morgan fingerprint density at radius 2 is 2.31 bits per heavy atom. The minimum Gasteiger partial charge on any atom is -0.358 e. The smallest absolute Gasteiger partial charge is 0.262 e. The second-order valence-electron chi connectivity index (χ2n) is 6.92. The van der Waals surface area contributed by atoms with Gasteiger partial charge in [-0.2, -0.15) is 0 Å². The number of amides is 1. The number of aliphatic imine (C=N–C) groups is 1. The maximum Gasteiger partial charge on any atom is 0.262 e. The quantitative estimate of drug-likeness (QED) is 0.504. The molecule has 1 aromatic rings. The predicted molar refractivity (Wildman–Crippen MR) is 107 cm³/mol. The number of carbonyl (C=O) groups excluding carboxylic acids is 1. The van der Waals surface area contributed by atoms with Gasteiger partial charge in [-0.25, -0.2) is 23.7 Å². The minimum absolute atomic E-state index is 0.0716. The number of amidine groups is 1. The Balaban J connectivity index is 1.72. The van der Waals surface area contributed by atoms with Gasteiger partial charge in [0.15, 0.2) is 5.82 Å². The molecule has 0 fully saturated rings. The van der Waals surface area contributed by atoms with E-state index in [0.717, 1.165) is 18.3 Å². The topological polar surface area (TPSA) is 117 Å². The van der Waals surface area contributed by atoms with E-state index in [1.54, 1.807) is 24.7 Å². The van der Waals surface area contributed by atoms with Crippen LogP contribution < -0.4 is 21.7 Å². The number of hydrogen-bond donors (Lipinski definition) is 4. The first-order valence-corrected chi connectivity index (χ1v) is 9.49. The number of allylic oxidation sites excluding steroid dienone is 1. The summed E-state index contributed by atoms with van der Waals surface area (Å²) in [6, 6.07) is 0.797. The molecule has 3 heterocycles. The summed E-state index contributed by atoms with van der Waals surface area (Å²) in [5, 5.41) is 8.91. The maximum atomic E-state index is 13.0. The lowest BCUT2D eigenvalue weighted by Crippen LogP contribution is -2.44. The third-order valence-electron chi connectivity index (χ3n) is 4.40. The Kier molecular flexibility index (Phi) is 6.43. The fourth-order valence-corrected chi connectivity index (χ4v) is 3.20. The van der Waals surface area contributed by atoms with Crippen molar-refractivity contribution in [1.29, 1.82) is 0 Å². The summed E-state index contributed by atoms with van der Waals surface area (Å²) >= 11 is 6.10. The number of carbonyl (C=O) groups is 1. The van der Waals surface area contributed by atoms with Crippen LogP contribution in [0.3, 0.4) is 0 Å². The number of fused-ring (bicyclic) bond motifs is 1. The molecule has 2 atom stereocenters. The molecule has 11 heteroatoms. The second kappa shape index (κ2) is 8.83. The molecule has 5 N–H and O–H groups in total. The third kappa shape index (κ3) is 5.48. The number of alkyl halides is 2. The van der Waals surface area contributed by atoms with Crippen LogP contribution in [0.15, 0.2) is 34.7 Å². The molecular weight excluding hydrogens is 404 g/mol. The number of nitrogens with two attached hydrogens (primary N) is 1. The van der Waals surface area contributed by atoms with Crippen LogP contribution in [0.25, 0.3) is 5.57 Å². The molecule has 0 aromatic carbocycles. The van der Waals surface area contributed by atoms with Crippen LogP contribution >= 0.6 is 11.6 Å². The van der Waals surface area contributed by atoms with Crippen molar-refractivity contribution in [2.24, 2.45) is 16.6 Å². The molecule has 3 rings (SSSR count). The van der Waals surface area contributed by atoms with Crippen molar-refractivity contribution in [1.82, 2.24) is 20.6 Å². The number of halogens is 3. The monoisotopic (exact) mass is 425 g/mol. The largest absolute Gasteiger partial charge is 0.358 e. The van der Waals surface area contributed by atoms with Crippen molar-refractivity contribution in [3.05, 3.63) is 35.5 Å². The van der Waals surface area contributed by atoms with Gasteiger partial charge in [0.05, 0.1) is 12.5 Å². The summed E-state index contributed by atoms with van der Waals surface area (Å²) in [4.78, 5) is 25.3. The lowest BCUT2D eigenvalue weighted by atomic mass is 9.95. The van der Waals surface area contributed by atoms with Gasteiger partial charge in [0.2, 0.25) is 5.91 Å². The number of rotatable bonds is 8. The van der Waals surface area contributed by atoms with Crippen LogP contribution in [-0.2, 0) is 4.79 Å². The van der Waals surface area contributed by atoms with Gasteiger partial charge in [-0.1, -0.05) is 11.6 Å². The first-order chi connectivity index (χ1) is 13.8. The lowest BCUT2D eigenvalue weighted by molar-refractivity contribution is -0.123. The number of nitrogens with zero attached hydrogens (tertiary/aromatic N) is 3. The van der Waals surface area contributed by atoms with Crippen molar-refractivity contribution < 1.29 is 13.6 Å². The summed E-state index contributed by atoms with van der Waals surface area (Å²) < 4.78 is 26.1. The highest BCUT2D eigenvalue weighted by molar-refractivity contribution is 6.30. The van der Waals surface area contributed by atoms with E-state index in [1.165, 1.54) is 0 Å². The Morgan fingerprint density at radius 3 is 3.03 bits per heavy atom. The number of aromatic nitrogens is 2. The van der Waals surface area contributed by atoms with Crippen LogP contribution in [0.2, 0.25) is 0 Å². The molecule has 29 heavy (non-hydrogen) atoms. The van der Waals surface area contributed by atoms with Gasteiger partial charge < -0.3 is 21.7 Å². The second-order valence-corrected chi connectivity index (χ2v) is 7.40. The average molecular weight is 426 g/mol. The van der Waals surface area contributed by atoms with Crippen LogP contribution in [0, 0.1) is 5.92 Å². The molecule has 1 amide bonds. The van der Waals surface area contributed by atoms with Crippen molar-refractivity contribution in [3.8, 4) is 0 Å². The molecule has 0 aliphatic carbocycles. The molecule has 0 saturated heterocycles. The summed E-state index contributed by atoms with van der Waals surface area (Å²) in [5.74, 6) is -2.03. The van der Waals surface area contributed by atoms with Crippen molar-refractivity contribution >= 4 is 34.7 Å². The molecule has 0 radical (unpaired) electrons. The highest BCUT2D eigenvalue weighted by atomic mass is 35.5. The molecule has 2 aliphatic rings. The van der Waals surface area contributed by atoms with Crippen molar-refractivity contribution in [3.63, 3.8) is 0 Å². The number of anilines is 1. The van der Waals surface area contributed by atoms with Gasteiger partial charge in [-0.05, 0) is 25.5 Å². The molecule has 156 valence electrons. The third-order valence-corrected chi connectivity index (χ3v) is 4.66. The highest BCUT2D eigenvalue weighted by Gasteiger charge is 2.31. The lowest BCUT2D eigenvalue weighted by Gasteiger charge is -2.20. The molecule has 0 spiro atoms. The first kappa shape index (κ1) is 21.1. The predicted octanol–water partition coefficient (Wildman–Crippen LogP) is 1.82. The van der Waals surface area contributed by atoms with Gasteiger partial charge in [0.1, 0.15) is 17.7 Å². The van der Waals surface area contributed by atoms with Crippen molar-refractivity contribution in [2.45, 2.75) is 31.7 Å². The molecule has 1 aromatic heterocycles. The van der Waals surface area contributed by atoms with Crippen molar-refractivity contribution in [2.75, 3.05) is 18.4 Å². The molecule has 8 nitrogen and oxygen atoms in total. The summed E-state index contributed by atoms with van der Waals surface area (Å²) in [6.07, 6.45) is 5.78. The summed E-state index contributed by atoms with van der Waals surface area (Å²) in [7, 11) is 0. The van der Waals surface area contributed by atoms with Gasteiger partial charge >= 0.3 is 0 Å². The van der Waals surface area contributed by atoms with E-state index in [0.29, 0.717) is 23.1 Å². The number of nitrogens with one attached hydrogen (secondary N) is 3. The Bertz CT molecular complexity index is 866. The van der Waals surface area contributed by atoms with Gasteiger partial charge in [0.25, 0.3) is 5.92 Å². The summed E-state index contributed by atoms with van der Waals surface area (Å²) in [5.41, 5.74) is 6.39. The van der Waals surface area contributed by atoms with Gasteiger partial charge in [-0.15, -0.1) is 0 Å². The molecule has 1 unspecified atom stereocenters. The Hall–Kier alpha value is -2.59. The standard InChI is InChI=1S/C18H22ClF2N7O/c1-18(20,21)9-26-17(29)13(2-4-22)27-14-3-5-23-16(28-14)12-8-25-15-11(12)6-10(19)7-24-15/h3,5,7-8,11,13H,2,4,6,9,22H2,1H3,(H,24,25)(H,26,29)(H,23,27,28)/t11?,13-/m0/s1. The van der Waals surface area contributed by atoms with E-state index in [2.05, 4.69) is 30.9 Å². The van der Waals surface area contributed by atoms with Crippen LogP contribution in [0.4, 0.5) is 14.6 Å². The average Bonchev–Trinajstić information content (AvgIpc) is 3.08. The van der Waals surface area contributed by atoms with E-state index >= 15 is 0 Å². The Labute approximate surface area is 171 Å². The SMILES string of the molecule is CC(F)(F)CNC(=O)[C@H](CCN)Nc1ccnc(C2=CNC3=NC=C(Cl)CC23)n1. The molecule has 2 aliphatic heterocycles. The van der Waals surface area contributed by atoms with E-state index in [9.17, 15) is 13.6 Å². The van der Waals surface area contributed by atoms with E-state index in [1.807, 2.05) is 0 Å². The summed E-state index contributed by atoms with van der Waals surface area (Å²) in [6.45, 7) is 0.191. The van der Waals surface area contributed by atoms with Crippen LogP contribution in [0.1, 0.15) is 25.6 Å². The zero-order chi connectivity index (χ0) is 21.0.